The molecule has 0 radical (unpaired) electrons. The highest BCUT2D eigenvalue weighted by molar-refractivity contribution is 5.98. The van der Waals surface area contributed by atoms with Crippen LogP contribution in [0.2, 0.25) is 0 Å². The van der Waals surface area contributed by atoms with Crippen molar-refractivity contribution < 1.29 is 4.79 Å². The Bertz CT molecular complexity index is 417. The number of nitrogens with zero attached hydrogens (tertiary/aromatic N) is 3. The topological polar surface area (TPSA) is 78.2 Å². The summed E-state index contributed by atoms with van der Waals surface area (Å²) in [4.78, 5) is 16.5. The lowest BCUT2D eigenvalue weighted by molar-refractivity contribution is 0.0628. The van der Waals surface area contributed by atoms with E-state index in [1.807, 2.05) is 4.90 Å². The summed E-state index contributed by atoms with van der Waals surface area (Å²) in [6.45, 7) is 3.54. The normalized spacial score (nSPS) is 21.8. The zero-order valence-corrected chi connectivity index (χ0v) is 9.72. The molecular formula is C11H17N5O. The number of H-pyrrole nitrogens is 1. The maximum absolute atomic E-state index is 12.1. The molecule has 1 aromatic rings. The van der Waals surface area contributed by atoms with Gasteiger partial charge >= 0.3 is 0 Å². The zero-order valence-electron chi connectivity index (χ0n) is 9.72. The summed E-state index contributed by atoms with van der Waals surface area (Å²) in [5, 5.41) is 6.38. The SMILES string of the molecule is Nc1[nH]ncc1C(=O)N1CCN(C2CC2)CC1. The molecule has 1 saturated heterocycles. The van der Waals surface area contributed by atoms with Crippen molar-refractivity contribution in [2.24, 2.45) is 0 Å². The van der Waals surface area contributed by atoms with Crippen molar-refractivity contribution in [1.29, 1.82) is 0 Å². The Morgan fingerprint density at radius 1 is 1.35 bits per heavy atom. The summed E-state index contributed by atoms with van der Waals surface area (Å²) in [5.41, 5.74) is 6.15. The third-order valence-corrected chi connectivity index (χ3v) is 3.56. The van der Waals surface area contributed by atoms with E-state index in [2.05, 4.69) is 15.1 Å². The minimum atomic E-state index is -0.00769. The highest BCUT2D eigenvalue weighted by Gasteiger charge is 2.32. The number of carbonyl (C=O) groups is 1. The van der Waals surface area contributed by atoms with E-state index >= 15 is 0 Å². The fourth-order valence-electron chi connectivity index (χ4n) is 2.37. The van der Waals surface area contributed by atoms with Crippen molar-refractivity contribution in [2.75, 3.05) is 31.9 Å². The smallest absolute Gasteiger partial charge is 0.259 e. The second kappa shape index (κ2) is 4.03. The van der Waals surface area contributed by atoms with Gasteiger partial charge in [0.1, 0.15) is 11.4 Å². The number of hydrogen-bond acceptors (Lipinski definition) is 4. The van der Waals surface area contributed by atoms with Crippen LogP contribution >= 0.6 is 0 Å². The van der Waals surface area contributed by atoms with Crippen LogP contribution in [0.25, 0.3) is 0 Å². The lowest BCUT2D eigenvalue weighted by Crippen LogP contribution is -2.49. The van der Waals surface area contributed by atoms with Gasteiger partial charge in [0.2, 0.25) is 0 Å². The molecule has 17 heavy (non-hydrogen) atoms. The number of aromatic amines is 1. The number of nitrogen functional groups attached to an aromatic ring is 1. The quantitative estimate of drug-likeness (QED) is 0.751. The van der Waals surface area contributed by atoms with Crippen LogP contribution in [-0.4, -0.2) is 58.1 Å². The number of hydrogen-bond donors (Lipinski definition) is 2. The van der Waals surface area contributed by atoms with Gasteiger partial charge < -0.3 is 10.6 Å². The van der Waals surface area contributed by atoms with Gasteiger partial charge in [-0.2, -0.15) is 5.10 Å². The van der Waals surface area contributed by atoms with E-state index in [1.54, 1.807) is 0 Å². The first kappa shape index (κ1) is 10.6. The summed E-state index contributed by atoms with van der Waals surface area (Å²) in [6.07, 6.45) is 4.15. The third-order valence-electron chi connectivity index (χ3n) is 3.56. The Hall–Kier alpha value is -1.56. The molecule has 0 spiro atoms. The summed E-state index contributed by atoms with van der Waals surface area (Å²) in [7, 11) is 0. The average Bonchev–Trinajstić information content (AvgIpc) is 3.12. The van der Waals surface area contributed by atoms with Crippen molar-refractivity contribution in [3.63, 3.8) is 0 Å². The van der Waals surface area contributed by atoms with Crippen LogP contribution < -0.4 is 5.73 Å². The monoisotopic (exact) mass is 235 g/mol. The number of carbonyl (C=O) groups excluding carboxylic acids is 1. The molecule has 0 bridgehead atoms. The Labute approximate surface area is 99.8 Å². The van der Waals surface area contributed by atoms with E-state index in [1.165, 1.54) is 19.0 Å². The van der Waals surface area contributed by atoms with Gasteiger partial charge in [-0.1, -0.05) is 0 Å². The largest absolute Gasteiger partial charge is 0.383 e. The van der Waals surface area contributed by atoms with Gasteiger partial charge in [0.05, 0.1) is 6.20 Å². The Morgan fingerprint density at radius 3 is 2.59 bits per heavy atom. The summed E-state index contributed by atoms with van der Waals surface area (Å²) < 4.78 is 0. The molecule has 3 rings (SSSR count). The molecular weight excluding hydrogens is 218 g/mol. The van der Waals surface area contributed by atoms with E-state index in [0.717, 1.165) is 32.2 Å². The van der Waals surface area contributed by atoms with Gasteiger partial charge in [0.15, 0.2) is 0 Å². The molecule has 1 amide bonds. The number of amides is 1. The Kier molecular flexibility index (Phi) is 2.51. The number of nitrogens with two attached hydrogens (primary N) is 1. The number of piperazine rings is 1. The van der Waals surface area contributed by atoms with Crippen molar-refractivity contribution in [3.05, 3.63) is 11.8 Å². The number of nitrogens with one attached hydrogen (secondary N) is 1. The molecule has 2 aliphatic rings. The first-order valence-corrected chi connectivity index (χ1v) is 6.08. The number of aromatic nitrogens is 2. The zero-order chi connectivity index (χ0) is 11.8. The molecule has 0 aromatic carbocycles. The first-order chi connectivity index (χ1) is 8.25. The standard InChI is InChI=1S/C11H17N5O/c12-10-9(7-13-14-10)11(17)16-5-3-15(4-6-16)8-1-2-8/h7-8H,1-6H2,(H3,12,13,14). The summed E-state index contributed by atoms with van der Waals surface area (Å²) in [5.74, 6) is 0.353. The van der Waals surface area contributed by atoms with Crippen LogP contribution in [0.4, 0.5) is 5.82 Å². The molecule has 1 aliphatic carbocycles. The second-order valence-electron chi connectivity index (χ2n) is 4.76. The molecule has 6 nitrogen and oxygen atoms in total. The van der Waals surface area contributed by atoms with Crippen LogP contribution in [0, 0.1) is 0 Å². The van der Waals surface area contributed by atoms with Crippen molar-refractivity contribution in [2.45, 2.75) is 18.9 Å². The third kappa shape index (κ3) is 2.00. The number of rotatable bonds is 2. The summed E-state index contributed by atoms with van der Waals surface area (Å²) in [6, 6.07) is 0.784. The van der Waals surface area contributed by atoms with Gasteiger partial charge in [-0.25, -0.2) is 0 Å². The molecule has 92 valence electrons. The van der Waals surface area contributed by atoms with Crippen LogP contribution in [0.1, 0.15) is 23.2 Å². The Balaban J connectivity index is 1.62. The molecule has 1 saturated carbocycles. The fraction of sp³-hybridized carbons (Fsp3) is 0.636. The predicted molar refractivity (Wildman–Crippen MR) is 63.5 cm³/mol. The van der Waals surface area contributed by atoms with Crippen molar-refractivity contribution in [1.82, 2.24) is 20.0 Å². The van der Waals surface area contributed by atoms with E-state index in [-0.39, 0.29) is 5.91 Å². The summed E-state index contributed by atoms with van der Waals surface area (Å²) >= 11 is 0. The number of anilines is 1. The van der Waals surface area contributed by atoms with Gasteiger partial charge in [-0.05, 0) is 12.8 Å². The maximum Gasteiger partial charge on any atom is 0.259 e. The molecule has 3 N–H and O–H groups in total. The van der Waals surface area contributed by atoms with E-state index in [4.69, 9.17) is 5.73 Å². The molecule has 1 aromatic heterocycles. The highest BCUT2D eigenvalue weighted by atomic mass is 16.2. The van der Waals surface area contributed by atoms with E-state index in [9.17, 15) is 4.79 Å². The average molecular weight is 235 g/mol. The van der Waals surface area contributed by atoms with Crippen LogP contribution in [-0.2, 0) is 0 Å². The highest BCUT2D eigenvalue weighted by Crippen LogP contribution is 2.27. The minimum absolute atomic E-state index is 0.00769. The van der Waals surface area contributed by atoms with E-state index < -0.39 is 0 Å². The molecule has 1 aliphatic heterocycles. The van der Waals surface area contributed by atoms with Gasteiger partial charge in [-0.15, -0.1) is 0 Å². The molecule has 2 heterocycles. The van der Waals surface area contributed by atoms with Gasteiger partial charge in [0, 0.05) is 32.2 Å². The molecule has 0 unspecified atom stereocenters. The van der Waals surface area contributed by atoms with Crippen LogP contribution in [0.5, 0.6) is 0 Å². The van der Waals surface area contributed by atoms with E-state index in [0.29, 0.717) is 11.4 Å². The van der Waals surface area contributed by atoms with Gasteiger partial charge in [0.25, 0.3) is 5.91 Å². The Morgan fingerprint density at radius 2 is 2.06 bits per heavy atom. The van der Waals surface area contributed by atoms with Crippen LogP contribution in [0.15, 0.2) is 6.20 Å². The first-order valence-electron chi connectivity index (χ1n) is 6.08. The predicted octanol–water partition coefficient (Wildman–Crippen LogP) is -0.0879. The van der Waals surface area contributed by atoms with Gasteiger partial charge in [-0.3, -0.25) is 14.8 Å². The van der Waals surface area contributed by atoms with Crippen molar-refractivity contribution >= 4 is 11.7 Å². The maximum atomic E-state index is 12.1. The minimum Gasteiger partial charge on any atom is -0.383 e. The lowest BCUT2D eigenvalue weighted by atomic mass is 10.2. The molecule has 2 fully saturated rings. The molecule has 0 atom stereocenters. The van der Waals surface area contributed by atoms with Crippen LogP contribution in [0.3, 0.4) is 0 Å². The fourth-order valence-corrected chi connectivity index (χ4v) is 2.37. The lowest BCUT2D eigenvalue weighted by Gasteiger charge is -2.34. The van der Waals surface area contributed by atoms with Crippen molar-refractivity contribution in [3.8, 4) is 0 Å². The molecule has 6 heteroatoms. The second-order valence-corrected chi connectivity index (χ2v) is 4.76.